The second-order valence-electron chi connectivity index (χ2n) is 5.00. The van der Waals surface area contributed by atoms with Crippen molar-refractivity contribution >= 4 is 33.3 Å². The zero-order chi connectivity index (χ0) is 15.2. The molecule has 0 fully saturated rings. The van der Waals surface area contributed by atoms with Gasteiger partial charge in [-0.2, -0.15) is 4.98 Å². The Balaban J connectivity index is 2.10. The fraction of sp³-hybridized carbons (Fsp3) is 0.600. The summed E-state index contributed by atoms with van der Waals surface area (Å²) in [6, 6.07) is 2.09. The van der Waals surface area contributed by atoms with Gasteiger partial charge in [0.15, 0.2) is 0 Å². The summed E-state index contributed by atoms with van der Waals surface area (Å²) >= 11 is 1.61. The summed E-state index contributed by atoms with van der Waals surface area (Å²) < 4.78 is 0. The van der Waals surface area contributed by atoms with Gasteiger partial charge < -0.3 is 15.5 Å². The van der Waals surface area contributed by atoms with Gasteiger partial charge in [0.05, 0.1) is 5.39 Å². The highest BCUT2D eigenvalue weighted by Gasteiger charge is 2.13. The number of nitrogens with zero attached hydrogens (tertiary/aromatic N) is 4. The van der Waals surface area contributed by atoms with E-state index in [4.69, 9.17) is 5.73 Å². The van der Waals surface area contributed by atoms with Crippen LogP contribution in [0.4, 0.5) is 11.8 Å². The zero-order valence-corrected chi connectivity index (χ0v) is 14.0. The monoisotopic (exact) mass is 307 g/mol. The minimum atomic E-state index is 0.363. The molecule has 5 nitrogen and oxygen atoms in total. The highest BCUT2D eigenvalue weighted by molar-refractivity contribution is 7.16. The molecule has 0 aromatic carbocycles. The van der Waals surface area contributed by atoms with Crippen molar-refractivity contribution in [1.29, 1.82) is 0 Å². The number of thiophene rings is 1. The van der Waals surface area contributed by atoms with Gasteiger partial charge in [0, 0.05) is 13.1 Å². The van der Waals surface area contributed by atoms with E-state index in [1.54, 1.807) is 11.3 Å². The third kappa shape index (κ3) is 3.83. The molecule has 2 heterocycles. The van der Waals surface area contributed by atoms with E-state index in [9.17, 15) is 0 Å². The SMILES string of the molecule is CCN(CC)CCCN(CC)c1nc(N)nc2sccc12. The van der Waals surface area contributed by atoms with Crippen molar-refractivity contribution in [3.63, 3.8) is 0 Å². The van der Waals surface area contributed by atoms with E-state index in [-0.39, 0.29) is 0 Å². The van der Waals surface area contributed by atoms with Crippen LogP contribution in [0.25, 0.3) is 10.2 Å². The summed E-state index contributed by atoms with van der Waals surface area (Å²) in [7, 11) is 0. The Morgan fingerprint density at radius 3 is 2.52 bits per heavy atom. The Morgan fingerprint density at radius 1 is 1.10 bits per heavy atom. The molecule has 0 radical (unpaired) electrons. The van der Waals surface area contributed by atoms with Crippen molar-refractivity contribution in [2.75, 3.05) is 43.4 Å². The lowest BCUT2D eigenvalue weighted by molar-refractivity contribution is 0.300. The fourth-order valence-electron chi connectivity index (χ4n) is 2.54. The van der Waals surface area contributed by atoms with E-state index in [1.165, 1.54) is 0 Å². The molecule has 116 valence electrons. The molecular weight excluding hydrogens is 282 g/mol. The largest absolute Gasteiger partial charge is 0.368 e. The Bertz CT molecular complexity index is 564. The fourth-order valence-corrected chi connectivity index (χ4v) is 3.30. The van der Waals surface area contributed by atoms with Gasteiger partial charge >= 0.3 is 0 Å². The molecule has 0 saturated heterocycles. The Morgan fingerprint density at radius 2 is 1.86 bits per heavy atom. The number of hydrogen-bond donors (Lipinski definition) is 1. The van der Waals surface area contributed by atoms with E-state index in [2.05, 4.69) is 46.6 Å². The Labute approximate surface area is 130 Å². The molecular formula is C15H25N5S. The molecule has 21 heavy (non-hydrogen) atoms. The summed E-state index contributed by atoms with van der Waals surface area (Å²) in [5.41, 5.74) is 5.85. The van der Waals surface area contributed by atoms with Crippen molar-refractivity contribution in [3.8, 4) is 0 Å². The van der Waals surface area contributed by atoms with Crippen LogP contribution >= 0.6 is 11.3 Å². The number of fused-ring (bicyclic) bond motifs is 1. The average Bonchev–Trinajstić information content (AvgIpc) is 2.95. The molecule has 2 N–H and O–H groups in total. The number of anilines is 2. The first-order valence-electron chi connectivity index (χ1n) is 7.67. The number of rotatable bonds is 8. The molecule has 0 unspecified atom stereocenters. The van der Waals surface area contributed by atoms with Gasteiger partial charge in [0.25, 0.3) is 0 Å². The molecule has 0 saturated carbocycles. The highest BCUT2D eigenvalue weighted by atomic mass is 32.1. The molecule has 6 heteroatoms. The first kappa shape index (κ1) is 16.0. The van der Waals surface area contributed by atoms with Crippen molar-refractivity contribution in [3.05, 3.63) is 11.4 Å². The molecule has 0 aliphatic carbocycles. The van der Waals surface area contributed by atoms with Crippen LogP contribution in [-0.4, -0.2) is 47.6 Å². The van der Waals surface area contributed by atoms with E-state index in [1.807, 2.05) is 5.38 Å². The number of aromatic nitrogens is 2. The second kappa shape index (κ2) is 7.56. The summed E-state index contributed by atoms with van der Waals surface area (Å²) in [6.07, 6.45) is 1.13. The summed E-state index contributed by atoms with van der Waals surface area (Å²) in [6.45, 7) is 11.8. The molecule has 0 aliphatic heterocycles. The lowest BCUT2D eigenvalue weighted by Gasteiger charge is -2.25. The van der Waals surface area contributed by atoms with Crippen LogP contribution in [0.15, 0.2) is 11.4 Å². The minimum Gasteiger partial charge on any atom is -0.368 e. The van der Waals surface area contributed by atoms with Gasteiger partial charge in [-0.15, -0.1) is 11.3 Å². The van der Waals surface area contributed by atoms with Crippen LogP contribution in [0, 0.1) is 0 Å². The van der Waals surface area contributed by atoms with E-state index in [0.717, 1.165) is 55.2 Å². The maximum Gasteiger partial charge on any atom is 0.223 e. The predicted octanol–water partition coefficient (Wildman–Crippen LogP) is 2.83. The van der Waals surface area contributed by atoms with Crippen molar-refractivity contribution in [2.45, 2.75) is 27.2 Å². The van der Waals surface area contributed by atoms with Crippen LogP contribution in [0.2, 0.25) is 0 Å². The second-order valence-corrected chi connectivity index (χ2v) is 5.90. The predicted molar refractivity (Wildman–Crippen MR) is 92.1 cm³/mol. The Hall–Kier alpha value is -1.40. The third-order valence-electron chi connectivity index (χ3n) is 3.80. The number of nitrogens with two attached hydrogens (primary N) is 1. The van der Waals surface area contributed by atoms with Gasteiger partial charge in [-0.3, -0.25) is 0 Å². The van der Waals surface area contributed by atoms with Gasteiger partial charge in [-0.1, -0.05) is 13.8 Å². The lowest BCUT2D eigenvalue weighted by atomic mass is 10.3. The third-order valence-corrected chi connectivity index (χ3v) is 4.61. The van der Waals surface area contributed by atoms with Crippen LogP contribution in [-0.2, 0) is 0 Å². The molecule has 0 spiro atoms. The van der Waals surface area contributed by atoms with Crippen LogP contribution in [0.1, 0.15) is 27.2 Å². The van der Waals surface area contributed by atoms with Crippen molar-refractivity contribution in [2.24, 2.45) is 0 Å². The highest BCUT2D eigenvalue weighted by Crippen LogP contribution is 2.28. The van der Waals surface area contributed by atoms with Gasteiger partial charge in [0.1, 0.15) is 10.6 Å². The zero-order valence-electron chi connectivity index (χ0n) is 13.2. The van der Waals surface area contributed by atoms with Crippen LogP contribution in [0.3, 0.4) is 0 Å². The quantitative estimate of drug-likeness (QED) is 0.812. The number of hydrogen-bond acceptors (Lipinski definition) is 6. The van der Waals surface area contributed by atoms with Gasteiger partial charge in [-0.25, -0.2) is 4.98 Å². The molecule has 0 bridgehead atoms. The maximum absolute atomic E-state index is 5.85. The van der Waals surface area contributed by atoms with Crippen LogP contribution < -0.4 is 10.6 Å². The number of nitrogen functional groups attached to an aromatic ring is 1. The molecule has 0 amide bonds. The Kier molecular flexibility index (Phi) is 5.76. The normalized spacial score (nSPS) is 11.4. The average molecular weight is 307 g/mol. The van der Waals surface area contributed by atoms with E-state index < -0.39 is 0 Å². The first-order valence-corrected chi connectivity index (χ1v) is 8.55. The van der Waals surface area contributed by atoms with Gasteiger partial charge in [0.2, 0.25) is 5.95 Å². The standard InChI is InChI=1S/C15H25N5S/c1-4-19(5-2)9-7-10-20(6-3)13-12-8-11-21-14(12)18-15(16)17-13/h8,11H,4-7,9-10H2,1-3H3,(H2,16,17,18). The topological polar surface area (TPSA) is 58.3 Å². The first-order chi connectivity index (χ1) is 10.2. The molecule has 2 rings (SSSR count). The van der Waals surface area contributed by atoms with Crippen molar-refractivity contribution < 1.29 is 0 Å². The minimum absolute atomic E-state index is 0.363. The maximum atomic E-state index is 5.85. The molecule has 0 aliphatic rings. The summed E-state index contributed by atoms with van der Waals surface area (Å²) in [5.74, 6) is 1.34. The van der Waals surface area contributed by atoms with Gasteiger partial charge in [-0.05, 0) is 44.4 Å². The molecule has 2 aromatic heterocycles. The smallest absolute Gasteiger partial charge is 0.223 e. The van der Waals surface area contributed by atoms with Crippen LogP contribution in [0.5, 0.6) is 0 Å². The molecule has 2 aromatic rings. The van der Waals surface area contributed by atoms with Crippen molar-refractivity contribution in [1.82, 2.24) is 14.9 Å². The van der Waals surface area contributed by atoms with E-state index in [0.29, 0.717) is 5.95 Å². The molecule has 0 atom stereocenters. The van der Waals surface area contributed by atoms with E-state index >= 15 is 0 Å². The summed E-state index contributed by atoms with van der Waals surface area (Å²) in [5, 5.41) is 3.16. The summed E-state index contributed by atoms with van der Waals surface area (Å²) in [4.78, 5) is 14.5. The lowest BCUT2D eigenvalue weighted by Crippen LogP contribution is -2.30.